The number of hydrogen-bond acceptors (Lipinski definition) is 3. The van der Waals surface area contributed by atoms with E-state index in [1.165, 1.54) is 0 Å². The molecule has 0 saturated carbocycles. The summed E-state index contributed by atoms with van der Waals surface area (Å²) in [6.45, 7) is 5.51. The first-order chi connectivity index (χ1) is 8.70. The van der Waals surface area contributed by atoms with Crippen LogP contribution in [0.5, 0.6) is 5.75 Å². The first-order valence-corrected chi connectivity index (χ1v) is 6.51. The fraction of sp³-hybridized carbons (Fsp3) is 0.533. The molecule has 1 atom stereocenters. The summed E-state index contributed by atoms with van der Waals surface area (Å²) in [5.41, 5.74) is 2.74. The molecule has 0 N–H and O–H groups in total. The van der Waals surface area contributed by atoms with Crippen molar-refractivity contribution in [3.63, 3.8) is 0 Å². The Kier molecular flexibility index (Phi) is 4.37. The Hall–Kier alpha value is -1.35. The van der Waals surface area contributed by atoms with E-state index in [1.807, 2.05) is 26.0 Å². The summed E-state index contributed by atoms with van der Waals surface area (Å²) in [5.74, 6) is 0.901. The Bertz CT molecular complexity index is 397. The largest absolute Gasteiger partial charge is 0.493 e. The van der Waals surface area contributed by atoms with E-state index in [-0.39, 0.29) is 0 Å². The lowest BCUT2D eigenvalue weighted by atomic mass is 10.1. The standard InChI is InChI=1S/C15H20O3/c1-11-8-13(10-16)9-12(2)15(11)18-7-5-14-4-3-6-17-14/h8-10,14H,3-7H2,1-2H3. The molecule has 0 aliphatic carbocycles. The molecular formula is C15H20O3. The van der Waals surface area contributed by atoms with Crippen molar-refractivity contribution in [2.45, 2.75) is 39.2 Å². The first-order valence-electron chi connectivity index (χ1n) is 6.51. The molecule has 98 valence electrons. The fourth-order valence-electron chi connectivity index (χ4n) is 2.44. The molecule has 1 aliphatic heterocycles. The maximum atomic E-state index is 10.8. The van der Waals surface area contributed by atoms with E-state index < -0.39 is 0 Å². The highest BCUT2D eigenvalue weighted by molar-refractivity contribution is 5.76. The topological polar surface area (TPSA) is 35.5 Å². The van der Waals surface area contributed by atoms with Crippen LogP contribution in [0.4, 0.5) is 0 Å². The van der Waals surface area contributed by atoms with Crippen LogP contribution in [0.15, 0.2) is 12.1 Å². The number of carbonyl (C=O) groups is 1. The van der Waals surface area contributed by atoms with E-state index >= 15 is 0 Å². The number of rotatable bonds is 5. The second kappa shape index (κ2) is 6.01. The molecule has 1 aliphatic rings. The number of aldehydes is 1. The molecule has 1 fully saturated rings. The SMILES string of the molecule is Cc1cc(C=O)cc(C)c1OCCC1CCCO1. The van der Waals surface area contributed by atoms with E-state index in [1.54, 1.807) is 0 Å². The maximum absolute atomic E-state index is 10.8. The van der Waals surface area contributed by atoms with Crippen LogP contribution in [0.3, 0.4) is 0 Å². The van der Waals surface area contributed by atoms with Crippen LogP contribution >= 0.6 is 0 Å². The monoisotopic (exact) mass is 248 g/mol. The molecule has 1 unspecified atom stereocenters. The third-order valence-corrected chi connectivity index (χ3v) is 3.33. The van der Waals surface area contributed by atoms with Crippen molar-refractivity contribution < 1.29 is 14.3 Å². The maximum Gasteiger partial charge on any atom is 0.150 e. The van der Waals surface area contributed by atoms with Gasteiger partial charge in [-0.15, -0.1) is 0 Å². The number of carbonyl (C=O) groups excluding carboxylic acids is 1. The molecule has 3 heteroatoms. The van der Waals surface area contributed by atoms with Crippen molar-refractivity contribution in [1.29, 1.82) is 0 Å². The zero-order valence-corrected chi connectivity index (χ0v) is 11.1. The molecular weight excluding hydrogens is 228 g/mol. The molecule has 1 heterocycles. The molecule has 1 aromatic carbocycles. The van der Waals surface area contributed by atoms with Crippen molar-refractivity contribution in [2.75, 3.05) is 13.2 Å². The Morgan fingerprint density at radius 2 is 2.11 bits per heavy atom. The molecule has 0 bridgehead atoms. The number of benzene rings is 1. The van der Waals surface area contributed by atoms with Crippen molar-refractivity contribution in [2.24, 2.45) is 0 Å². The lowest BCUT2D eigenvalue weighted by molar-refractivity contribution is 0.0901. The highest BCUT2D eigenvalue weighted by atomic mass is 16.5. The number of aryl methyl sites for hydroxylation is 2. The van der Waals surface area contributed by atoms with Crippen LogP contribution in [-0.2, 0) is 4.74 Å². The summed E-state index contributed by atoms with van der Waals surface area (Å²) < 4.78 is 11.4. The van der Waals surface area contributed by atoms with E-state index in [0.29, 0.717) is 18.3 Å². The minimum Gasteiger partial charge on any atom is -0.493 e. The third-order valence-electron chi connectivity index (χ3n) is 3.33. The van der Waals surface area contributed by atoms with Gasteiger partial charge in [0.1, 0.15) is 12.0 Å². The van der Waals surface area contributed by atoms with Crippen LogP contribution in [0.2, 0.25) is 0 Å². The van der Waals surface area contributed by atoms with Gasteiger partial charge in [0, 0.05) is 18.6 Å². The zero-order valence-electron chi connectivity index (χ0n) is 11.1. The summed E-state index contributed by atoms with van der Waals surface area (Å²) in [6, 6.07) is 3.73. The molecule has 3 nitrogen and oxygen atoms in total. The summed E-state index contributed by atoms with van der Waals surface area (Å²) in [6.07, 6.45) is 4.48. The van der Waals surface area contributed by atoms with Gasteiger partial charge >= 0.3 is 0 Å². The van der Waals surface area contributed by atoms with Crippen LogP contribution in [0.1, 0.15) is 40.7 Å². The van der Waals surface area contributed by atoms with Crippen molar-refractivity contribution in [1.82, 2.24) is 0 Å². The quantitative estimate of drug-likeness (QED) is 0.751. The molecule has 2 rings (SSSR count). The van der Waals surface area contributed by atoms with Gasteiger partial charge in [-0.2, -0.15) is 0 Å². The average Bonchev–Trinajstić information content (AvgIpc) is 2.85. The molecule has 1 saturated heterocycles. The van der Waals surface area contributed by atoms with Crippen LogP contribution in [-0.4, -0.2) is 25.6 Å². The van der Waals surface area contributed by atoms with E-state index in [2.05, 4.69) is 0 Å². The Morgan fingerprint density at radius 1 is 1.39 bits per heavy atom. The smallest absolute Gasteiger partial charge is 0.150 e. The van der Waals surface area contributed by atoms with Crippen molar-refractivity contribution in [3.05, 3.63) is 28.8 Å². The van der Waals surface area contributed by atoms with Gasteiger partial charge in [0.05, 0.1) is 12.7 Å². The Labute approximate surface area is 108 Å². The second-order valence-corrected chi connectivity index (χ2v) is 4.87. The molecule has 0 spiro atoms. The van der Waals surface area contributed by atoms with Crippen molar-refractivity contribution >= 4 is 6.29 Å². The summed E-state index contributed by atoms with van der Waals surface area (Å²) in [5, 5.41) is 0. The highest BCUT2D eigenvalue weighted by Gasteiger charge is 2.15. The normalized spacial score (nSPS) is 18.9. The van der Waals surface area contributed by atoms with Gasteiger partial charge in [0.25, 0.3) is 0 Å². The predicted octanol–water partition coefficient (Wildman–Crippen LogP) is 3.06. The van der Waals surface area contributed by atoms with Gasteiger partial charge in [-0.05, 0) is 49.9 Å². The summed E-state index contributed by atoms with van der Waals surface area (Å²) in [4.78, 5) is 10.8. The van der Waals surface area contributed by atoms with Crippen LogP contribution < -0.4 is 4.74 Å². The summed E-state index contributed by atoms with van der Waals surface area (Å²) >= 11 is 0. The van der Waals surface area contributed by atoms with E-state index in [9.17, 15) is 4.79 Å². The first kappa shape index (κ1) is 13.1. The molecule has 0 aromatic heterocycles. The fourth-order valence-corrected chi connectivity index (χ4v) is 2.44. The highest BCUT2D eigenvalue weighted by Crippen LogP contribution is 2.25. The van der Waals surface area contributed by atoms with Gasteiger partial charge in [-0.25, -0.2) is 0 Å². The lowest BCUT2D eigenvalue weighted by Gasteiger charge is -2.14. The minimum atomic E-state index is 0.361. The van der Waals surface area contributed by atoms with E-state index in [0.717, 1.165) is 49.0 Å². The van der Waals surface area contributed by atoms with Crippen LogP contribution in [0, 0.1) is 13.8 Å². The van der Waals surface area contributed by atoms with Gasteiger partial charge in [-0.3, -0.25) is 4.79 Å². The Balaban J connectivity index is 1.94. The van der Waals surface area contributed by atoms with Gasteiger partial charge in [0.15, 0.2) is 0 Å². The zero-order chi connectivity index (χ0) is 13.0. The van der Waals surface area contributed by atoms with E-state index in [4.69, 9.17) is 9.47 Å². The van der Waals surface area contributed by atoms with Crippen LogP contribution in [0.25, 0.3) is 0 Å². The molecule has 1 aromatic rings. The van der Waals surface area contributed by atoms with Gasteiger partial charge in [0.2, 0.25) is 0 Å². The number of hydrogen-bond donors (Lipinski definition) is 0. The van der Waals surface area contributed by atoms with Crippen molar-refractivity contribution in [3.8, 4) is 5.75 Å². The lowest BCUT2D eigenvalue weighted by Crippen LogP contribution is -2.11. The molecule has 0 radical (unpaired) electrons. The minimum absolute atomic E-state index is 0.361. The summed E-state index contributed by atoms with van der Waals surface area (Å²) in [7, 11) is 0. The third kappa shape index (κ3) is 3.10. The second-order valence-electron chi connectivity index (χ2n) is 4.87. The number of ether oxygens (including phenoxy) is 2. The predicted molar refractivity (Wildman–Crippen MR) is 70.4 cm³/mol. The van der Waals surface area contributed by atoms with Gasteiger partial charge < -0.3 is 9.47 Å². The average molecular weight is 248 g/mol. The van der Waals surface area contributed by atoms with Gasteiger partial charge in [-0.1, -0.05) is 0 Å². The molecule has 0 amide bonds. The Morgan fingerprint density at radius 3 is 2.67 bits per heavy atom. The molecule has 18 heavy (non-hydrogen) atoms.